The molecule has 0 aliphatic heterocycles. The van der Waals surface area contributed by atoms with E-state index in [1.165, 1.54) is 0 Å². The van der Waals surface area contributed by atoms with Gasteiger partial charge in [-0.3, -0.25) is 4.79 Å². The maximum Gasteiger partial charge on any atom is 0.230 e. The van der Waals surface area contributed by atoms with Gasteiger partial charge in [0.25, 0.3) is 0 Å². The number of benzene rings is 2. The van der Waals surface area contributed by atoms with Gasteiger partial charge < -0.3 is 0 Å². The lowest BCUT2D eigenvalue weighted by molar-refractivity contribution is 0.102. The van der Waals surface area contributed by atoms with Crippen LogP contribution in [-0.4, -0.2) is 15.8 Å². The van der Waals surface area contributed by atoms with E-state index in [1.807, 2.05) is 49.4 Å². The van der Waals surface area contributed by atoms with Crippen molar-refractivity contribution in [3.8, 4) is 0 Å². The number of hydrogen-bond donors (Lipinski definition) is 0. The van der Waals surface area contributed by atoms with Crippen LogP contribution in [0.5, 0.6) is 0 Å². The first-order chi connectivity index (χ1) is 9.24. The van der Waals surface area contributed by atoms with E-state index in [2.05, 4.69) is 9.97 Å². The van der Waals surface area contributed by atoms with Gasteiger partial charge in [0.05, 0.1) is 0 Å². The summed E-state index contributed by atoms with van der Waals surface area (Å²) in [5.74, 6) is 0.0895. The lowest BCUT2D eigenvalue weighted by Crippen LogP contribution is -2.06. The molecule has 0 spiro atoms. The molecule has 0 unspecified atom stereocenters. The third-order valence-electron chi connectivity index (χ3n) is 3.00. The lowest BCUT2D eigenvalue weighted by Gasteiger charge is -2.02. The molecule has 0 aliphatic rings. The maximum absolute atomic E-state index is 12.3. The van der Waals surface area contributed by atoms with Crippen molar-refractivity contribution in [1.82, 2.24) is 9.97 Å². The molecule has 1 heterocycles. The monoisotopic (exact) mass is 248 g/mol. The van der Waals surface area contributed by atoms with Crippen molar-refractivity contribution in [2.24, 2.45) is 0 Å². The summed E-state index contributed by atoms with van der Waals surface area (Å²) >= 11 is 0. The third-order valence-corrected chi connectivity index (χ3v) is 3.00. The first-order valence-corrected chi connectivity index (χ1v) is 6.06. The van der Waals surface area contributed by atoms with E-state index >= 15 is 0 Å². The van der Waals surface area contributed by atoms with Gasteiger partial charge in [-0.15, -0.1) is 0 Å². The minimum Gasteiger partial charge on any atom is -0.285 e. The Hall–Kier alpha value is -2.55. The zero-order valence-corrected chi connectivity index (χ0v) is 10.5. The highest BCUT2D eigenvalue weighted by Gasteiger charge is 2.12. The summed E-state index contributed by atoms with van der Waals surface area (Å²) in [6.07, 6.45) is 3.31. The SMILES string of the molecule is Cc1cnc(C(=O)c2ccc3ccccc3c2)nc1. The first-order valence-electron chi connectivity index (χ1n) is 6.06. The summed E-state index contributed by atoms with van der Waals surface area (Å²) in [4.78, 5) is 20.4. The number of aromatic nitrogens is 2. The molecule has 92 valence electrons. The van der Waals surface area contributed by atoms with Crippen LogP contribution in [-0.2, 0) is 0 Å². The van der Waals surface area contributed by atoms with Crippen molar-refractivity contribution in [3.05, 3.63) is 71.8 Å². The van der Waals surface area contributed by atoms with Gasteiger partial charge in [0, 0.05) is 18.0 Å². The Morgan fingerprint density at radius 1 is 0.947 bits per heavy atom. The predicted molar refractivity (Wildman–Crippen MR) is 74.1 cm³/mol. The van der Waals surface area contributed by atoms with Gasteiger partial charge in [-0.25, -0.2) is 9.97 Å². The van der Waals surface area contributed by atoms with Crippen molar-refractivity contribution >= 4 is 16.6 Å². The molecular formula is C16H12N2O. The molecule has 0 saturated carbocycles. The number of hydrogen-bond acceptors (Lipinski definition) is 3. The summed E-state index contributed by atoms with van der Waals surface area (Å²) in [6.45, 7) is 1.89. The minimum atomic E-state index is -0.147. The highest BCUT2D eigenvalue weighted by atomic mass is 16.1. The first kappa shape index (κ1) is 11.5. The van der Waals surface area contributed by atoms with Crippen LogP contribution in [0.2, 0.25) is 0 Å². The number of aryl methyl sites for hydroxylation is 1. The number of carbonyl (C=O) groups excluding carboxylic acids is 1. The van der Waals surface area contributed by atoms with Gasteiger partial charge in [0.2, 0.25) is 11.6 Å². The molecule has 1 aromatic heterocycles. The molecule has 2 aromatic carbocycles. The highest BCUT2D eigenvalue weighted by Crippen LogP contribution is 2.17. The quantitative estimate of drug-likeness (QED) is 0.654. The van der Waals surface area contributed by atoms with Crippen LogP contribution >= 0.6 is 0 Å². The van der Waals surface area contributed by atoms with Crippen molar-refractivity contribution < 1.29 is 4.79 Å². The second kappa shape index (κ2) is 4.61. The molecule has 3 heteroatoms. The third kappa shape index (κ3) is 2.22. The van der Waals surface area contributed by atoms with Gasteiger partial charge in [0.1, 0.15) is 0 Å². The second-order valence-electron chi connectivity index (χ2n) is 4.48. The molecule has 3 aromatic rings. The van der Waals surface area contributed by atoms with E-state index in [1.54, 1.807) is 12.4 Å². The molecule has 0 aliphatic carbocycles. The highest BCUT2D eigenvalue weighted by molar-refractivity contribution is 6.08. The Bertz CT molecular complexity index is 748. The standard InChI is InChI=1S/C16H12N2O/c1-11-9-17-16(18-10-11)15(19)14-7-6-12-4-2-3-5-13(12)8-14/h2-10H,1H3. The molecular weight excluding hydrogens is 236 g/mol. The smallest absolute Gasteiger partial charge is 0.230 e. The van der Waals surface area contributed by atoms with Gasteiger partial charge in [-0.1, -0.05) is 36.4 Å². The Morgan fingerprint density at radius 3 is 2.37 bits per heavy atom. The summed E-state index contributed by atoms with van der Waals surface area (Å²) in [7, 11) is 0. The van der Waals surface area contributed by atoms with Crippen molar-refractivity contribution in [2.75, 3.05) is 0 Å². The zero-order chi connectivity index (χ0) is 13.2. The summed E-state index contributed by atoms with van der Waals surface area (Å²) < 4.78 is 0. The van der Waals surface area contributed by atoms with E-state index in [0.717, 1.165) is 16.3 Å². The van der Waals surface area contributed by atoms with Crippen LogP contribution in [0.4, 0.5) is 0 Å². The number of carbonyl (C=O) groups is 1. The minimum absolute atomic E-state index is 0.147. The van der Waals surface area contributed by atoms with E-state index in [4.69, 9.17) is 0 Å². The lowest BCUT2D eigenvalue weighted by atomic mass is 10.0. The number of nitrogens with zero attached hydrogens (tertiary/aromatic N) is 2. The van der Waals surface area contributed by atoms with Gasteiger partial charge in [0.15, 0.2) is 0 Å². The van der Waals surface area contributed by atoms with E-state index < -0.39 is 0 Å². The number of rotatable bonds is 2. The Kier molecular flexibility index (Phi) is 2.80. The van der Waals surface area contributed by atoms with Crippen LogP contribution in [0.3, 0.4) is 0 Å². The molecule has 0 bridgehead atoms. The maximum atomic E-state index is 12.3. The van der Waals surface area contributed by atoms with Crippen molar-refractivity contribution in [3.63, 3.8) is 0 Å². The predicted octanol–water partition coefficient (Wildman–Crippen LogP) is 3.17. The Balaban J connectivity index is 2.04. The van der Waals surface area contributed by atoms with Crippen molar-refractivity contribution in [2.45, 2.75) is 6.92 Å². The van der Waals surface area contributed by atoms with Crippen LogP contribution in [0.25, 0.3) is 10.8 Å². The molecule has 0 N–H and O–H groups in total. The topological polar surface area (TPSA) is 42.9 Å². The van der Waals surface area contributed by atoms with Gasteiger partial charge in [-0.05, 0) is 29.3 Å². The Labute approximate surface area is 111 Å². The van der Waals surface area contributed by atoms with E-state index in [0.29, 0.717) is 5.56 Å². The number of ketones is 1. The molecule has 0 fully saturated rings. The fourth-order valence-electron chi connectivity index (χ4n) is 1.97. The molecule has 3 nitrogen and oxygen atoms in total. The van der Waals surface area contributed by atoms with E-state index in [9.17, 15) is 4.79 Å². The van der Waals surface area contributed by atoms with Gasteiger partial charge >= 0.3 is 0 Å². The molecule has 0 amide bonds. The summed E-state index contributed by atoms with van der Waals surface area (Å²) in [5.41, 5.74) is 1.55. The molecule has 19 heavy (non-hydrogen) atoms. The van der Waals surface area contributed by atoms with Crippen LogP contribution < -0.4 is 0 Å². The molecule has 0 radical (unpaired) electrons. The average Bonchev–Trinajstić information content (AvgIpc) is 2.47. The summed E-state index contributed by atoms with van der Waals surface area (Å²) in [5, 5.41) is 2.16. The Morgan fingerprint density at radius 2 is 1.63 bits per heavy atom. The zero-order valence-electron chi connectivity index (χ0n) is 10.5. The van der Waals surface area contributed by atoms with Crippen LogP contribution in [0.15, 0.2) is 54.9 Å². The number of fused-ring (bicyclic) bond motifs is 1. The normalized spacial score (nSPS) is 10.6. The van der Waals surface area contributed by atoms with Crippen LogP contribution in [0, 0.1) is 6.92 Å². The summed E-state index contributed by atoms with van der Waals surface area (Å²) in [6, 6.07) is 13.6. The van der Waals surface area contributed by atoms with E-state index in [-0.39, 0.29) is 11.6 Å². The van der Waals surface area contributed by atoms with Crippen LogP contribution in [0.1, 0.15) is 21.7 Å². The second-order valence-corrected chi connectivity index (χ2v) is 4.48. The van der Waals surface area contributed by atoms with Gasteiger partial charge in [-0.2, -0.15) is 0 Å². The largest absolute Gasteiger partial charge is 0.285 e. The van der Waals surface area contributed by atoms with Crippen molar-refractivity contribution in [1.29, 1.82) is 0 Å². The molecule has 3 rings (SSSR count). The fourth-order valence-corrected chi connectivity index (χ4v) is 1.97. The average molecular weight is 248 g/mol. The molecule has 0 saturated heterocycles. The fraction of sp³-hybridized carbons (Fsp3) is 0.0625. The molecule has 0 atom stereocenters.